The van der Waals surface area contributed by atoms with Gasteiger partial charge in [0.1, 0.15) is 18.0 Å². The van der Waals surface area contributed by atoms with Gasteiger partial charge in [0.2, 0.25) is 0 Å². The minimum atomic E-state index is -4.11. The van der Waals surface area contributed by atoms with Crippen molar-refractivity contribution in [3.8, 4) is 11.5 Å². The Morgan fingerprint density at radius 3 is 2.14 bits per heavy atom. The Morgan fingerprint density at radius 1 is 0.919 bits per heavy atom. The summed E-state index contributed by atoms with van der Waals surface area (Å²) >= 11 is 0. The predicted molar refractivity (Wildman–Crippen MR) is 133 cm³/mol. The van der Waals surface area contributed by atoms with Gasteiger partial charge in [-0.05, 0) is 66.9 Å². The summed E-state index contributed by atoms with van der Waals surface area (Å²) in [6.07, 6.45) is 1.29. The summed E-state index contributed by atoms with van der Waals surface area (Å²) in [7, 11) is -2.55. The maximum atomic E-state index is 12.9. The maximum Gasteiger partial charge on any atom is 0.322 e. The summed E-state index contributed by atoms with van der Waals surface area (Å²) in [4.78, 5) is 35.8. The van der Waals surface area contributed by atoms with Crippen molar-refractivity contribution in [2.75, 3.05) is 18.4 Å². The van der Waals surface area contributed by atoms with Crippen LogP contribution in [-0.2, 0) is 25.0 Å². The molecule has 1 aliphatic rings. The number of carbonyl (C=O) groups excluding carboxylic acids is 2. The number of carbonyl (C=O) groups is 3. The molecule has 192 valence electrons. The molecule has 0 aromatic heterocycles. The quantitative estimate of drug-likeness (QED) is 0.271. The molecule has 0 unspecified atom stereocenters. The van der Waals surface area contributed by atoms with Crippen LogP contribution < -0.4 is 19.5 Å². The minimum Gasteiger partial charge on any atom is -0.497 e. The molecule has 1 aliphatic carbocycles. The Morgan fingerprint density at radius 2 is 1.54 bits per heavy atom. The van der Waals surface area contributed by atoms with Crippen molar-refractivity contribution in [1.29, 1.82) is 0 Å². The molecule has 4 rings (SSSR count). The average Bonchev–Trinajstić information content (AvgIpc) is 3.70. The molecule has 3 aromatic carbocycles. The minimum absolute atomic E-state index is 0.0175. The fourth-order valence-electron chi connectivity index (χ4n) is 3.76. The summed E-state index contributed by atoms with van der Waals surface area (Å²) in [5.41, 5.74) is 0.0405. The van der Waals surface area contributed by atoms with E-state index in [1.807, 2.05) is 12.1 Å². The number of carboxylic acid groups (broad SMARTS) is 1. The number of carboxylic acids is 1. The van der Waals surface area contributed by atoms with Crippen LogP contribution in [0, 0.1) is 0 Å². The van der Waals surface area contributed by atoms with Gasteiger partial charge in [-0.25, -0.2) is 8.42 Å². The zero-order valence-corrected chi connectivity index (χ0v) is 20.6. The molecular weight excluding hydrogens is 500 g/mol. The zero-order chi connectivity index (χ0) is 26.6. The lowest BCUT2D eigenvalue weighted by Gasteiger charge is -2.16. The number of aliphatic carboxylic acids is 1. The highest BCUT2D eigenvalue weighted by Crippen LogP contribution is 2.49. The van der Waals surface area contributed by atoms with Crippen LogP contribution in [0.5, 0.6) is 11.5 Å². The molecule has 1 amide bonds. The lowest BCUT2D eigenvalue weighted by atomic mass is 9.96. The van der Waals surface area contributed by atoms with Crippen LogP contribution in [0.3, 0.4) is 0 Å². The van der Waals surface area contributed by atoms with Gasteiger partial charge < -0.3 is 19.9 Å². The molecular formula is C26H24N2O8S. The molecule has 3 N–H and O–H groups in total. The Hall–Kier alpha value is -4.38. The summed E-state index contributed by atoms with van der Waals surface area (Å²) < 4.78 is 38.9. The van der Waals surface area contributed by atoms with E-state index in [4.69, 9.17) is 14.6 Å². The van der Waals surface area contributed by atoms with Gasteiger partial charge in [0.15, 0.2) is 0 Å². The number of hydrogen-bond donors (Lipinski definition) is 3. The van der Waals surface area contributed by atoms with Crippen molar-refractivity contribution in [1.82, 2.24) is 5.32 Å². The van der Waals surface area contributed by atoms with E-state index in [2.05, 4.69) is 10.0 Å². The second-order valence-electron chi connectivity index (χ2n) is 8.40. The Labute approximate surface area is 213 Å². The smallest absolute Gasteiger partial charge is 0.322 e. The molecule has 37 heavy (non-hydrogen) atoms. The maximum absolute atomic E-state index is 12.9. The van der Waals surface area contributed by atoms with Gasteiger partial charge in [-0.3, -0.25) is 19.1 Å². The lowest BCUT2D eigenvalue weighted by molar-refractivity contribution is -0.137. The van der Waals surface area contributed by atoms with Crippen LogP contribution in [0.25, 0.3) is 0 Å². The van der Waals surface area contributed by atoms with E-state index in [9.17, 15) is 22.8 Å². The normalized spacial score (nSPS) is 13.8. The molecule has 10 nitrogen and oxygen atoms in total. The second kappa shape index (κ2) is 10.3. The van der Waals surface area contributed by atoms with Gasteiger partial charge in [0.25, 0.3) is 15.9 Å². The van der Waals surface area contributed by atoms with E-state index in [0.717, 1.165) is 5.56 Å². The summed E-state index contributed by atoms with van der Waals surface area (Å²) in [6, 6.07) is 18.3. The van der Waals surface area contributed by atoms with Crippen molar-refractivity contribution in [3.63, 3.8) is 0 Å². The van der Waals surface area contributed by atoms with Gasteiger partial charge in [-0.2, -0.15) is 0 Å². The summed E-state index contributed by atoms with van der Waals surface area (Å²) in [5.74, 6) is -1.52. The van der Waals surface area contributed by atoms with E-state index in [-0.39, 0.29) is 21.9 Å². The first-order valence-corrected chi connectivity index (χ1v) is 12.7. The third-order valence-corrected chi connectivity index (χ3v) is 7.33. The second-order valence-corrected chi connectivity index (χ2v) is 10.1. The topological polar surface area (TPSA) is 148 Å². The van der Waals surface area contributed by atoms with Crippen molar-refractivity contribution >= 4 is 33.6 Å². The fraction of sp³-hybridized carbons (Fsp3) is 0.192. The van der Waals surface area contributed by atoms with Crippen LogP contribution in [0.1, 0.15) is 28.8 Å². The van der Waals surface area contributed by atoms with E-state index in [1.165, 1.54) is 48.5 Å². The number of ether oxygens (including phenoxy) is 2. The number of anilines is 1. The SMILES string of the molecule is COc1ccc(C2(C(=O)Oc3ccc(S(=O)(=O)Nc4ccccc4C(=O)NCC(=O)O)cc3)CC2)cc1. The standard InChI is InChI=1S/C26H24N2O8S/c1-35-18-8-6-17(7-9-18)26(14-15-26)25(32)36-19-10-12-20(13-11-19)37(33,34)28-22-5-3-2-4-21(22)24(31)27-16-23(29)30/h2-13,28H,14-16H2,1H3,(H,27,31)(H,29,30). The Balaban J connectivity index is 1.46. The highest BCUT2D eigenvalue weighted by Gasteiger charge is 2.53. The molecule has 3 aromatic rings. The Bertz CT molecular complexity index is 1430. The van der Waals surface area contributed by atoms with Crippen LogP contribution in [0.4, 0.5) is 5.69 Å². The van der Waals surface area contributed by atoms with Crippen LogP contribution >= 0.6 is 0 Å². The molecule has 11 heteroatoms. The predicted octanol–water partition coefficient (Wildman–Crippen LogP) is 2.95. The van der Waals surface area contributed by atoms with E-state index in [1.54, 1.807) is 19.2 Å². The molecule has 0 spiro atoms. The van der Waals surface area contributed by atoms with E-state index < -0.39 is 39.8 Å². The van der Waals surface area contributed by atoms with Gasteiger partial charge in [-0.15, -0.1) is 0 Å². The van der Waals surface area contributed by atoms with Gasteiger partial charge in [0, 0.05) is 0 Å². The molecule has 0 saturated heterocycles. The number of sulfonamides is 1. The number of methoxy groups -OCH3 is 1. The number of esters is 1. The monoisotopic (exact) mass is 524 g/mol. The molecule has 0 heterocycles. The largest absolute Gasteiger partial charge is 0.497 e. The summed E-state index contributed by atoms with van der Waals surface area (Å²) in [6.45, 7) is -0.611. The van der Waals surface area contributed by atoms with Gasteiger partial charge >= 0.3 is 11.9 Å². The van der Waals surface area contributed by atoms with Crippen molar-refractivity contribution in [3.05, 3.63) is 83.9 Å². The van der Waals surface area contributed by atoms with Crippen LogP contribution in [0.15, 0.2) is 77.7 Å². The average molecular weight is 525 g/mol. The number of benzene rings is 3. The van der Waals surface area contributed by atoms with E-state index in [0.29, 0.717) is 18.6 Å². The first-order chi connectivity index (χ1) is 17.6. The third kappa shape index (κ3) is 5.72. The highest BCUT2D eigenvalue weighted by atomic mass is 32.2. The summed E-state index contributed by atoms with van der Waals surface area (Å²) in [5, 5.41) is 11.0. The molecule has 0 aliphatic heterocycles. The third-order valence-electron chi connectivity index (χ3n) is 5.94. The number of hydrogen-bond acceptors (Lipinski definition) is 7. The fourth-order valence-corrected chi connectivity index (χ4v) is 4.84. The number of rotatable bonds is 10. The lowest BCUT2D eigenvalue weighted by Crippen LogP contribution is -2.30. The van der Waals surface area contributed by atoms with Crippen molar-refractivity contribution < 1.29 is 37.4 Å². The molecule has 0 bridgehead atoms. The molecule has 1 fully saturated rings. The number of nitrogens with one attached hydrogen (secondary N) is 2. The molecule has 1 saturated carbocycles. The molecule has 0 radical (unpaired) electrons. The molecule has 0 atom stereocenters. The number of amides is 1. The van der Waals surface area contributed by atoms with Gasteiger partial charge in [0.05, 0.1) is 28.7 Å². The van der Waals surface area contributed by atoms with E-state index >= 15 is 0 Å². The first kappa shape index (κ1) is 25.7. The van der Waals surface area contributed by atoms with Crippen molar-refractivity contribution in [2.24, 2.45) is 0 Å². The first-order valence-electron chi connectivity index (χ1n) is 11.2. The highest BCUT2D eigenvalue weighted by molar-refractivity contribution is 7.92. The Kier molecular flexibility index (Phi) is 7.16. The number of para-hydroxylation sites is 1. The zero-order valence-electron chi connectivity index (χ0n) is 19.8. The van der Waals surface area contributed by atoms with Crippen LogP contribution in [0.2, 0.25) is 0 Å². The van der Waals surface area contributed by atoms with Gasteiger partial charge in [-0.1, -0.05) is 24.3 Å². The van der Waals surface area contributed by atoms with Crippen molar-refractivity contribution in [2.45, 2.75) is 23.2 Å². The van der Waals surface area contributed by atoms with Crippen LogP contribution in [-0.4, -0.2) is 45.0 Å².